The highest BCUT2D eigenvalue weighted by atomic mass is 35.5. The zero-order valence-corrected chi connectivity index (χ0v) is 23.4. The van der Waals surface area contributed by atoms with E-state index in [4.69, 9.17) is 91.7 Å². The minimum atomic E-state index is -0.967. The van der Waals surface area contributed by atoms with Gasteiger partial charge in [-0.15, -0.1) is 23.2 Å². The van der Waals surface area contributed by atoms with Crippen LogP contribution in [0.25, 0.3) is 0 Å². The van der Waals surface area contributed by atoms with Crippen molar-refractivity contribution in [3.63, 3.8) is 0 Å². The fourth-order valence-electron chi connectivity index (χ4n) is 3.68. The summed E-state index contributed by atoms with van der Waals surface area (Å²) in [6.07, 6.45) is 0.625. The van der Waals surface area contributed by atoms with Crippen molar-refractivity contribution in [1.82, 2.24) is 5.32 Å². The van der Waals surface area contributed by atoms with Crippen molar-refractivity contribution < 1.29 is 4.79 Å². The summed E-state index contributed by atoms with van der Waals surface area (Å²) in [5.41, 5.74) is 0.229. The van der Waals surface area contributed by atoms with Gasteiger partial charge in [0.25, 0.3) is 0 Å². The molecule has 2 aromatic rings. The van der Waals surface area contributed by atoms with Gasteiger partial charge in [0.1, 0.15) is 16.5 Å². The minimum absolute atomic E-state index is 0.0363. The van der Waals surface area contributed by atoms with Crippen LogP contribution in [0.1, 0.15) is 49.9 Å². The molecule has 0 aliphatic heterocycles. The summed E-state index contributed by atoms with van der Waals surface area (Å²) in [6.45, 7) is 5.78. The molecule has 1 fully saturated rings. The minimum Gasteiger partial charge on any atom is -0.349 e. The van der Waals surface area contributed by atoms with Gasteiger partial charge in [-0.3, -0.25) is 4.79 Å². The molecule has 1 saturated carbocycles. The van der Waals surface area contributed by atoms with Crippen molar-refractivity contribution in [3.05, 3.63) is 66.1 Å². The summed E-state index contributed by atoms with van der Waals surface area (Å²) in [4.78, 5) is 12.5. The van der Waals surface area contributed by atoms with Gasteiger partial charge in [-0.1, -0.05) is 84.0 Å². The molecule has 1 aliphatic carbocycles. The fraction of sp³-hybridized carbons (Fsp3) is 0.348. The molecular formula is C23H18Cl7N3O. The molecule has 1 N–H and O–H groups in total. The Hall–Kier alpha value is -1.08. The molecule has 0 saturated heterocycles. The van der Waals surface area contributed by atoms with E-state index < -0.39 is 9.75 Å². The Morgan fingerprint density at radius 3 is 1.76 bits per heavy atom. The topological polar surface area (TPSA) is 76.7 Å². The number of carbonyl (C=O) groups excluding carboxylic acids is 1. The SMILES string of the molecule is CCC1(C(=O)NC(C)c2ccc(Cl)cc2)C(C)C1(Cl)Cl.N#Cc1c(Cl)c(Cl)c(Cl)c(C#N)c1Cl. The van der Waals surface area contributed by atoms with Crippen LogP contribution in [0.4, 0.5) is 0 Å². The first-order valence-electron chi connectivity index (χ1n) is 9.92. The van der Waals surface area contributed by atoms with Gasteiger partial charge in [-0.2, -0.15) is 10.5 Å². The highest BCUT2D eigenvalue weighted by molar-refractivity contribution is 6.53. The van der Waals surface area contributed by atoms with Crippen molar-refractivity contribution >= 4 is 87.1 Å². The Morgan fingerprint density at radius 1 is 0.971 bits per heavy atom. The third kappa shape index (κ3) is 5.21. The number of hydrogen-bond acceptors (Lipinski definition) is 3. The average molecular weight is 601 g/mol. The lowest BCUT2D eigenvalue weighted by molar-refractivity contribution is -0.127. The predicted molar refractivity (Wildman–Crippen MR) is 140 cm³/mol. The molecule has 0 radical (unpaired) electrons. The lowest BCUT2D eigenvalue weighted by Crippen LogP contribution is -2.36. The number of nitrogens with zero attached hydrogens (tertiary/aromatic N) is 2. The maximum Gasteiger partial charge on any atom is 0.230 e. The van der Waals surface area contributed by atoms with Crippen LogP contribution in [0.5, 0.6) is 0 Å². The van der Waals surface area contributed by atoms with Crippen LogP contribution >= 0.6 is 81.2 Å². The Morgan fingerprint density at radius 2 is 1.41 bits per heavy atom. The van der Waals surface area contributed by atoms with Crippen molar-refractivity contribution in [2.45, 2.75) is 37.6 Å². The summed E-state index contributed by atoms with van der Waals surface area (Å²) in [7, 11) is 0. The monoisotopic (exact) mass is 597 g/mol. The summed E-state index contributed by atoms with van der Waals surface area (Å²) < 4.78 is -0.967. The molecule has 1 amide bonds. The van der Waals surface area contributed by atoms with E-state index in [9.17, 15) is 4.79 Å². The molecule has 4 nitrogen and oxygen atoms in total. The van der Waals surface area contributed by atoms with Crippen LogP contribution in [0, 0.1) is 34.0 Å². The van der Waals surface area contributed by atoms with E-state index in [-0.39, 0.29) is 49.1 Å². The maximum absolute atomic E-state index is 12.5. The maximum atomic E-state index is 12.5. The van der Waals surface area contributed by atoms with Crippen LogP contribution in [0.15, 0.2) is 24.3 Å². The Kier molecular flexibility index (Phi) is 9.71. The number of rotatable bonds is 4. The number of amides is 1. The van der Waals surface area contributed by atoms with Gasteiger partial charge >= 0.3 is 0 Å². The van der Waals surface area contributed by atoms with Crippen molar-refractivity contribution in [1.29, 1.82) is 10.5 Å². The summed E-state index contributed by atoms with van der Waals surface area (Å²) in [5, 5.41) is 20.9. The van der Waals surface area contributed by atoms with Gasteiger partial charge in [0, 0.05) is 10.9 Å². The first kappa shape index (κ1) is 29.2. The Balaban J connectivity index is 0.000000257. The smallest absolute Gasteiger partial charge is 0.230 e. The van der Waals surface area contributed by atoms with E-state index in [1.54, 1.807) is 12.1 Å². The molecule has 0 heterocycles. The number of nitriles is 2. The van der Waals surface area contributed by atoms with Crippen molar-refractivity contribution in [2.24, 2.45) is 11.3 Å². The lowest BCUT2D eigenvalue weighted by atomic mass is 9.98. The number of benzene rings is 2. The van der Waals surface area contributed by atoms with Gasteiger partial charge in [-0.05, 0) is 31.0 Å². The first-order valence-corrected chi connectivity index (χ1v) is 12.6. The van der Waals surface area contributed by atoms with Gasteiger partial charge in [-0.25, -0.2) is 0 Å². The molecule has 1 aliphatic rings. The zero-order chi connectivity index (χ0) is 26.0. The molecule has 3 rings (SSSR count). The van der Waals surface area contributed by atoms with Crippen LogP contribution < -0.4 is 5.32 Å². The first-order chi connectivity index (χ1) is 15.8. The van der Waals surface area contributed by atoms with E-state index in [1.807, 2.05) is 45.0 Å². The van der Waals surface area contributed by atoms with E-state index >= 15 is 0 Å². The van der Waals surface area contributed by atoms with E-state index in [0.717, 1.165) is 5.56 Å². The third-order valence-electron chi connectivity index (χ3n) is 5.96. The lowest BCUT2D eigenvalue weighted by Gasteiger charge is -2.20. The number of carbonyl (C=O) groups is 1. The van der Waals surface area contributed by atoms with Crippen LogP contribution in [0.2, 0.25) is 25.1 Å². The second-order valence-corrected chi connectivity index (χ2v) is 11.0. The molecule has 2 aromatic carbocycles. The van der Waals surface area contributed by atoms with Crippen molar-refractivity contribution in [2.75, 3.05) is 0 Å². The molecule has 3 atom stereocenters. The van der Waals surface area contributed by atoms with E-state index in [0.29, 0.717) is 11.4 Å². The average Bonchev–Trinajstić information content (AvgIpc) is 3.25. The second kappa shape index (κ2) is 11.3. The molecular weight excluding hydrogens is 582 g/mol. The van der Waals surface area contributed by atoms with Gasteiger partial charge in [0.2, 0.25) is 5.91 Å². The fourth-order valence-corrected chi connectivity index (χ4v) is 5.91. The summed E-state index contributed by atoms with van der Waals surface area (Å²) >= 11 is 41.2. The van der Waals surface area contributed by atoms with E-state index in [1.165, 1.54) is 0 Å². The largest absolute Gasteiger partial charge is 0.349 e. The Labute approximate surface area is 233 Å². The quantitative estimate of drug-likeness (QED) is 0.217. The zero-order valence-electron chi connectivity index (χ0n) is 18.1. The van der Waals surface area contributed by atoms with E-state index in [2.05, 4.69) is 5.32 Å². The molecule has 34 heavy (non-hydrogen) atoms. The summed E-state index contributed by atoms with van der Waals surface area (Å²) in [6, 6.07) is 10.8. The molecule has 180 valence electrons. The van der Waals surface area contributed by atoms with Crippen LogP contribution in [-0.4, -0.2) is 10.2 Å². The van der Waals surface area contributed by atoms with Gasteiger partial charge in [0.15, 0.2) is 0 Å². The number of halogens is 7. The predicted octanol–water partition coefficient (Wildman–Crippen LogP) is 8.78. The van der Waals surface area contributed by atoms with Crippen LogP contribution in [0.3, 0.4) is 0 Å². The highest BCUT2D eigenvalue weighted by Gasteiger charge is 2.76. The third-order valence-corrected chi connectivity index (χ3v) is 9.25. The molecule has 0 bridgehead atoms. The Bertz CT molecular complexity index is 1140. The van der Waals surface area contributed by atoms with Gasteiger partial charge < -0.3 is 5.32 Å². The molecule has 11 heteroatoms. The number of nitrogens with one attached hydrogen (secondary N) is 1. The molecule has 0 aromatic heterocycles. The standard InChI is InChI=1S/C15H18Cl3NO.C8Cl4N2/c1-4-14(10(3)15(14,17)18)13(20)19-9(2)11-5-7-12(16)8-6-11;9-5-3(1-13)6(10)8(12)7(11)4(5)2-14/h5-10H,4H2,1-3H3,(H,19,20);. The summed E-state index contributed by atoms with van der Waals surface area (Å²) in [5.74, 6) is -0.124. The molecule has 3 unspecified atom stereocenters. The number of alkyl halides is 2. The van der Waals surface area contributed by atoms with Gasteiger partial charge in [0.05, 0.1) is 42.7 Å². The number of hydrogen-bond donors (Lipinski definition) is 1. The normalized spacial score (nSPS) is 20.8. The molecule has 0 spiro atoms. The second-order valence-electron chi connectivity index (χ2n) is 7.65. The highest BCUT2D eigenvalue weighted by Crippen LogP contribution is 2.70. The van der Waals surface area contributed by atoms with Crippen molar-refractivity contribution in [3.8, 4) is 12.1 Å². The van der Waals surface area contributed by atoms with Crippen LogP contribution in [-0.2, 0) is 4.79 Å².